The van der Waals surface area contributed by atoms with Crippen molar-refractivity contribution in [3.63, 3.8) is 0 Å². The first kappa shape index (κ1) is 44.3. The van der Waals surface area contributed by atoms with Gasteiger partial charge in [-0.1, -0.05) is 110 Å². The first-order valence-electron chi connectivity index (χ1n) is 25.7. The third-order valence-corrected chi connectivity index (χ3v) is 15.7. The summed E-state index contributed by atoms with van der Waals surface area (Å²) in [5.74, 6) is 1.97. The van der Waals surface area contributed by atoms with Crippen molar-refractivity contribution in [2.75, 3.05) is 39.3 Å². The van der Waals surface area contributed by atoms with Gasteiger partial charge in [-0.2, -0.15) is 0 Å². The van der Waals surface area contributed by atoms with Crippen molar-refractivity contribution in [2.24, 2.45) is 0 Å². The van der Waals surface area contributed by atoms with Crippen LogP contribution in [0.4, 0.5) is 0 Å². The molecule has 4 fully saturated rings. The van der Waals surface area contributed by atoms with Gasteiger partial charge in [-0.3, -0.25) is 24.2 Å². The topological polar surface area (TPSA) is 122 Å². The number of benzene rings is 6. The smallest absolute Gasteiger partial charge is 0.245 e. The van der Waals surface area contributed by atoms with E-state index in [1.807, 2.05) is 48.5 Å². The SMILES string of the molecule is O=Cc1c(-c2ccc3[nH]c([C@@H]4CCCN4C(=O)[C@@H](c4ccccc4)N4CCCCC4)nc3c2)ccc2cc(-c3ccc4[nH]c([C@@H]5CCCN5C(=O)[C@@H](c5ccccc5)N5CCCCC5)nc4c3)ccc12. The van der Waals surface area contributed by atoms with Gasteiger partial charge >= 0.3 is 0 Å². The highest BCUT2D eigenvalue weighted by Crippen LogP contribution is 2.40. The number of likely N-dealkylation sites (tertiary alicyclic amines) is 4. The molecule has 0 bridgehead atoms. The highest BCUT2D eigenvalue weighted by molar-refractivity contribution is 6.06. The Kier molecular flexibility index (Phi) is 12.1. The molecule has 0 unspecified atom stereocenters. The van der Waals surface area contributed by atoms with E-state index in [-0.39, 0.29) is 36.0 Å². The highest BCUT2D eigenvalue weighted by Gasteiger charge is 2.40. The molecule has 0 spiro atoms. The first-order valence-corrected chi connectivity index (χ1v) is 25.7. The molecule has 0 saturated carbocycles. The Balaban J connectivity index is 0.789. The normalized spacial score (nSPS) is 20.1. The maximum atomic E-state index is 14.6. The zero-order valence-electron chi connectivity index (χ0n) is 39.7. The summed E-state index contributed by atoms with van der Waals surface area (Å²) in [6.45, 7) is 5.17. The number of imidazole rings is 2. The van der Waals surface area contributed by atoms with Gasteiger partial charge in [-0.25, -0.2) is 9.97 Å². The van der Waals surface area contributed by atoms with Crippen LogP contribution in [0.1, 0.15) is 122 Å². The minimum Gasteiger partial charge on any atom is -0.340 e. The van der Waals surface area contributed by atoms with Gasteiger partial charge in [0.2, 0.25) is 11.8 Å². The van der Waals surface area contributed by atoms with Gasteiger partial charge in [0.05, 0.1) is 34.2 Å². The van der Waals surface area contributed by atoms with Crippen molar-refractivity contribution in [2.45, 2.75) is 88.4 Å². The Hall–Kier alpha value is -6.95. The number of rotatable bonds is 11. The molecule has 0 aliphatic carbocycles. The van der Waals surface area contributed by atoms with Crippen LogP contribution in [0, 0.1) is 0 Å². The molecular weight excluding hydrogens is 869 g/mol. The van der Waals surface area contributed by atoms with Crippen molar-refractivity contribution in [1.82, 2.24) is 39.5 Å². The van der Waals surface area contributed by atoms with Crippen LogP contribution in [0.15, 0.2) is 127 Å². The quantitative estimate of drug-likeness (QED) is 0.124. The van der Waals surface area contributed by atoms with Crippen LogP contribution in [0.3, 0.4) is 0 Å². The zero-order valence-corrected chi connectivity index (χ0v) is 39.7. The van der Waals surface area contributed by atoms with Gasteiger partial charge in [0.1, 0.15) is 23.7 Å². The molecule has 70 heavy (non-hydrogen) atoms. The molecule has 6 aromatic carbocycles. The predicted octanol–water partition coefficient (Wildman–Crippen LogP) is 11.5. The fourth-order valence-corrected chi connectivity index (χ4v) is 12.2. The molecule has 11 nitrogen and oxygen atoms in total. The Labute approximate surface area is 408 Å². The molecule has 4 atom stereocenters. The van der Waals surface area contributed by atoms with Gasteiger partial charge in [0.15, 0.2) is 6.29 Å². The summed E-state index contributed by atoms with van der Waals surface area (Å²) in [4.78, 5) is 68.5. The van der Waals surface area contributed by atoms with Crippen molar-refractivity contribution in [3.05, 3.63) is 156 Å². The van der Waals surface area contributed by atoms with Gasteiger partial charge < -0.3 is 19.8 Å². The van der Waals surface area contributed by atoms with Gasteiger partial charge in [0, 0.05) is 18.7 Å². The minimum atomic E-state index is -0.298. The molecule has 2 amide bonds. The number of nitrogens with zero attached hydrogens (tertiary/aromatic N) is 6. The van der Waals surface area contributed by atoms with E-state index in [1.54, 1.807) is 0 Å². The molecule has 0 radical (unpaired) electrons. The molecule has 2 N–H and O–H groups in total. The van der Waals surface area contributed by atoms with Crippen molar-refractivity contribution in [1.29, 1.82) is 0 Å². The number of carbonyl (C=O) groups excluding carboxylic acids is 3. The number of hydrogen-bond acceptors (Lipinski definition) is 7. The van der Waals surface area contributed by atoms with Crippen LogP contribution < -0.4 is 0 Å². The van der Waals surface area contributed by atoms with Gasteiger partial charge in [-0.15, -0.1) is 0 Å². The van der Waals surface area contributed by atoms with Gasteiger partial charge in [-0.05, 0) is 152 Å². The lowest BCUT2D eigenvalue weighted by Gasteiger charge is -2.37. The summed E-state index contributed by atoms with van der Waals surface area (Å²) in [5.41, 5.74) is 10.1. The van der Waals surface area contributed by atoms with Crippen molar-refractivity contribution >= 4 is 50.9 Å². The Morgan fingerprint density at radius 1 is 0.514 bits per heavy atom. The monoisotopic (exact) mass is 928 g/mol. The summed E-state index contributed by atoms with van der Waals surface area (Å²) in [6, 6.07) is 42.6. The van der Waals surface area contributed by atoms with E-state index >= 15 is 0 Å². The molecule has 6 heterocycles. The number of H-pyrrole nitrogens is 2. The van der Waals surface area contributed by atoms with Crippen LogP contribution in [0.2, 0.25) is 0 Å². The second-order valence-corrected chi connectivity index (χ2v) is 20.0. The molecule has 12 rings (SSSR count). The van der Waals surface area contributed by atoms with E-state index in [4.69, 9.17) is 9.97 Å². The average molecular weight is 929 g/mol. The molecule has 4 saturated heterocycles. The number of aldehydes is 1. The standard InChI is InChI=1S/C59H60N8O3/c68-38-47-45-25-21-41(42-23-27-48-50(36-42)62-56(60-48)52-19-13-33-66(52)58(69)54(39-15-5-1-6-16-39)64-29-9-3-10-30-64)35-43(45)22-26-46(47)44-24-28-49-51(37-44)63-57(61-49)53-20-14-34-67(53)59(70)55(40-17-7-2-8-18-40)65-31-11-4-12-32-65/h1-2,5-8,15-18,21-28,35-38,52-55H,3-4,9-14,19-20,29-34H2,(H,60,62)(H,61,63)/t52-,53-,54+,55+/m0/s1. The number of aromatic nitrogens is 4. The maximum absolute atomic E-state index is 14.6. The second-order valence-electron chi connectivity index (χ2n) is 20.0. The minimum absolute atomic E-state index is 0.109. The third-order valence-electron chi connectivity index (χ3n) is 15.7. The van der Waals surface area contributed by atoms with Gasteiger partial charge in [0.25, 0.3) is 0 Å². The molecule has 8 aromatic rings. The molecule has 354 valence electrons. The zero-order chi connectivity index (χ0) is 47.1. The number of carbonyl (C=O) groups is 3. The summed E-state index contributed by atoms with van der Waals surface area (Å²) >= 11 is 0. The third kappa shape index (κ3) is 8.28. The maximum Gasteiger partial charge on any atom is 0.245 e. The molecule has 4 aliphatic rings. The Bertz CT molecular complexity index is 3210. The number of fused-ring (bicyclic) bond motifs is 3. The fraction of sp³-hybridized carbons (Fsp3) is 0.339. The van der Waals surface area contributed by atoms with E-state index < -0.39 is 0 Å². The Morgan fingerprint density at radius 2 is 1.00 bits per heavy atom. The molecular formula is C59H60N8O3. The second kappa shape index (κ2) is 19.1. The molecule has 4 aliphatic heterocycles. The number of amides is 2. The predicted molar refractivity (Wildman–Crippen MR) is 276 cm³/mol. The van der Waals surface area contributed by atoms with Crippen LogP contribution in [0.5, 0.6) is 0 Å². The molecule has 11 heteroatoms. The van der Waals surface area contributed by atoms with E-state index in [0.717, 1.165) is 168 Å². The lowest BCUT2D eigenvalue weighted by atomic mass is 9.92. The van der Waals surface area contributed by atoms with Crippen molar-refractivity contribution < 1.29 is 14.4 Å². The molecule has 2 aromatic heterocycles. The van der Waals surface area contributed by atoms with Crippen LogP contribution in [-0.2, 0) is 9.59 Å². The Morgan fingerprint density at radius 3 is 1.53 bits per heavy atom. The van der Waals surface area contributed by atoms with E-state index in [9.17, 15) is 14.4 Å². The number of piperidine rings is 2. The largest absolute Gasteiger partial charge is 0.340 e. The van der Waals surface area contributed by atoms with Crippen molar-refractivity contribution in [3.8, 4) is 22.3 Å². The lowest BCUT2D eigenvalue weighted by molar-refractivity contribution is -0.139. The number of nitrogens with one attached hydrogen (secondary N) is 2. The van der Waals surface area contributed by atoms with E-state index in [1.165, 1.54) is 12.8 Å². The van der Waals surface area contributed by atoms with Crippen LogP contribution in [-0.4, -0.2) is 96.9 Å². The highest BCUT2D eigenvalue weighted by atomic mass is 16.2. The number of aromatic amines is 2. The summed E-state index contributed by atoms with van der Waals surface area (Å²) < 4.78 is 0. The fourth-order valence-electron chi connectivity index (χ4n) is 12.2. The summed E-state index contributed by atoms with van der Waals surface area (Å²) in [7, 11) is 0. The summed E-state index contributed by atoms with van der Waals surface area (Å²) in [5, 5.41) is 1.86. The van der Waals surface area contributed by atoms with E-state index in [2.05, 4.69) is 108 Å². The number of hydrogen-bond donors (Lipinski definition) is 2. The van der Waals surface area contributed by atoms with Crippen LogP contribution >= 0.6 is 0 Å². The lowest BCUT2D eigenvalue weighted by Crippen LogP contribution is -2.44. The first-order chi connectivity index (χ1) is 34.5. The van der Waals surface area contributed by atoms with E-state index in [0.29, 0.717) is 12.1 Å². The average Bonchev–Trinajstić information content (AvgIpc) is 4.26. The summed E-state index contributed by atoms with van der Waals surface area (Å²) in [6.07, 6.45) is 11.5. The van der Waals surface area contributed by atoms with Crippen LogP contribution in [0.25, 0.3) is 55.1 Å².